The van der Waals surface area contributed by atoms with Crippen molar-refractivity contribution in [3.63, 3.8) is 0 Å². The maximum atomic E-state index is 5.45. The molecule has 1 atom stereocenters. The lowest BCUT2D eigenvalue weighted by molar-refractivity contribution is 0.381. The van der Waals surface area contributed by atoms with Crippen molar-refractivity contribution < 1.29 is 4.74 Å². The number of rotatable bonds is 5. The van der Waals surface area contributed by atoms with Crippen molar-refractivity contribution in [3.8, 4) is 5.75 Å². The van der Waals surface area contributed by atoms with Gasteiger partial charge in [0.15, 0.2) is 0 Å². The Bertz CT molecular complexity index is 357. The molecule has 2 rings (SSSR count). The molecule has 0 amide bonds. The predicted octanol–water partition coefficient (Wildman–Crippen LogP) is 4.38. The molecule has 1 aromatic rings. The lowest BCUT2D eigenvalue weighted by Crippen LogP contribution is -2.15. The van der Waals surface area contributed by atoms with E-state index in [2.05, 4.69) is 25.1 Å². The SMILES string of the molecule is CCCCCC1CCc2c(cccc2OC)C1. The molecule has 0 N–H and O–H groups in total. The van der Waals surface area contributed by atoms with Crippen molar-refractivity contribution in [2.24, 2.45) is 5.92 Å². The molecule has 1 aromatic carbocycles. The monoisotopic (exact) mass is 232 g/mol. The normalized spacial score (nSPS) is 18.8. The third-order valence-corrected chi connectivity index (χ3v) is 3.98. The fraction of sp³-hybridized carbons (Fsp3) is 0.625. The van der Waals surface area contributed by atoms with Crippen LogP contribution in [-0.2, 0) is 12.8 Å². The lowest BCUT2D eigenvalue weighted by atomic mass is 9.81. The Hall–Kier alpha value is -0.980. The molecule has 0 aromatic heterocycles. The van der Waals surface area contributed by atoms with Crippen LogP contribution >= 0.6 is 0 Å². The molecule has 0 spiro atoms. The number of benzene rings is 1. The molecule has 17 heavy (non-hydrogen) atoms. The van der Waals surface area contributed by atoms with Gasteiger partial charge in [-0.1, -0.05) is 44.7 Å². The minimum absolute atomic E-state index is 0.904. The van der Waals surface area contributed by atoms with E-state index >= 15 is 0 Å². The van der Waals surface area contributed by atoms with Gasteiger partial charge < -0.3 is 4.74 Å². The average Bonchev–Trinajstić information content (AvgIpc) is 2.38. The first-order chi connectivity index (χ1) is 8.35. The van der Waals surface area contributed by atoms with E-state index in [0.29, 0.717) is 0 Å². The van der Waals surface area contributed by atoms with Crippen LogP contribution in [-0.4, -0.2) is 7.11 Å². The van der Waals surface area contributed by atoms with Crippen LogP contribution in [0.1, 0.15) is 50.2 Å². The average molecular weight is 232 g/mol. The molecular weight excluding hydrogens is 208 g/mol. The van der Waals surface area contributed by atoms with Gasteiger partial charge in [-0.15, -0.1) is 0 Å². The molecule has 0 radical (unpaired) electrons. The topological polar surface area (TPSA) is 9.23 Å². The van der Waals surface area contributed by atoms with E-state index < -0.39 is 0 Å². The molecule has 94 valence electrons. The predicted molar refractivity (Wildman–Crippen MR) is 72.7 cm³/mol. The van der Waals surface area contributed by atoms with Gasteiger partial charge in [-0.05, 0) is 42.4 Å². The molecular formula is C16H24O. The van der Waals surface area contributed by atoms with E-state index in [1.54, 1.807) is 7.11 Å². The molecule has 1 heteroatoms. The van der Waals surface area contributed by atoms with Gasteiger partial charge in [-0.3, -0.25) is 0 Å². The van der Waals surface area contributed by atoms with Gasteiger partial charge in [0, 0.05) is 0 Å². The Kier molecular flexibility index (Phi) is 4.47. The summed E-state index contributed by atoms with van der Waals surface area (Å²) in [6, 6.07) is 6.51. The number of fused-ring (bicyclic) bond motifs is 1. The molecule has 0 aliphatic heterocycles. The minimum Gasteiger partial charge on any atom is -0.496 e. The Morgan fingerprint density at radius 2 is 2.18 bits per heavy atom. The van der Waals surface area contributed by atoms with Gasteiger partial charge in [0.1, 0.15) is 5.75 Å². The minimum atomic E-state index is 0.904. The zero-order valence-corrected chi connectivity index (χ0v) is 11.2. The smallest absolute Gasteiger partial charge is 0.122 e. The molecule has 1 aliphatic carbocycles. The number of unbranched alkanes of at least 4 members (excludes halogenated alkanes) is 2. The van der Waals surface area contributed by atoms with E-state index in [9.17, 15) is 0 Å². The van der Waals surface area contributed by atoms with Crippen LogP contribution in [0.3, 0.4) is 0 Å². The molecule has 1 nitrogen and oxygen atoms in total. The molecule has 1 aliphatic rings. The van der Waals surface area contributed by atoms with Gasteiger partial charge in [0.2, 0.25) is 0 Å². The molecule has 0 saturated heterocycles. The summed E-state index contributed by atoms with van der Waals surface area (Å²) in [7, 11) is 1.78. The van der Waals surface area contributed by atoms with Crippen LogP contribution in [0.4, 0.5) is 0 Å². The van der Waals surface area contributed by atoms with Crippen molar-refractivity contribution in [3.05, 3.63) is 29.3 Å². The van der Waals surface area contributed by atoms with Crippen molar-refractivity contribution in [2.45, 2.75) is 51.9 Å². The Morgan fingerprint density at radius 3 is 2.94 bits per heavy atom. The first-order valence-electron chi connectivity index (χ1n) is 7.00. The zero-order chi connectivity index (χ0) is 12.1. The fourth-order valence-corrected chi connectivity index (χ4v) is 2.97. The van der Waals surface area contributed by atoms with Crippen LogP contribution in [0.2, 0.25) is 0 Å². The van der Waals surface area contributed by atoms with E-state index in [1.165, 1.54) is 56.1 Å². The van der Waals surface area contributed by atoms with Crippen molar-refractivity contribution >= 4 is 0 Å². The summed E-state index contributed by atoms with van der Waals surface area (Å²) >= 11 is 0. The van der Waals surface area contributed by atoms with Gasteiger partial charge in [-0.25, -0.2) is 0 Å². The van der Waals surface area contributed by atoms with Crippen LogP contribution in [0.15, 0.2) is 18.2 Å². The molecule has 0 saturated carbocycles. The van der Waals surface area contributed by atoms with Crippen molar-refractivity contribution in [1.82, 2.24) is 0 Å². The summed E-state index contributed by atoms with van der Waals surface area (Å²) in [6.45, 7) is 2.28. The summed E-state index contributed by atoms with van der Waals surface area (Å²) in [5, 5.41) is 0. The zero-order valence-electron chi connectivity index (χ0n) is 11.2. The number of hydrogen-bond donors (Lipinski definition) is 0. The first-order valence-corrected chi connectivity index (χ1v) is 7.00. The van der Waals surface area contributed by atoms with E-state index in [0.717, 1.165) is 11.7 Å². The molecule has 0 bridgehead atoms. The van der Waals surface area contributed by atoms with Crippen molar-refractivity contribution in [1.29, 1.82) is 0 Å². The molecule has 0 fully saturated rings. The van der Waals surface area contributed by atoms with E-state index in [1.807, 2.05) is 0 Å². The largest absolute Gasteiger partial charge is 0.496 e. The Morgan fingerprint density at radius 1 is 1.29 bits per heavy atom. The third-order valence-electron chi connectivity index (χ3n) is 3.98. The summed E-state index contributed by atoms with van der Waals surface area (Å²) in [5.41, 5.74) is 2.99. The highest BCUT2D eigenvalue weighted by Crippen LogP contribution is 2.33. The maximum Gasteiger partial charge on any atom is 0.122 e. The van der Waals surface area contributed by atoms with Crippen LogP contribution in [0, 0.1) is 5.92 Å². The summed E-state index contributed by atoms with van der Waals surface area (Å²) in [4.78, 5) is 0. The van der Waals surface area contributed by atoms with E-state index in [-0.39, 0.29) is 0 Å². The maximum absolute atomic E-state index is 5.45. The third kappa shape index (κ3) is 3.02. The quantitative estimate of drug-likeness (QED) is 0.684. The van der Waals surface area contributed by atoms with Crippen LogP contribution < -0.4 is 4.74 Å². The summed E-state index contributed by atoms with van der Waals surface area (Å²) < 4.78 is 5.45. The Balaban J connectivity index is 1.99. The van der Waals surface area contributed by atoms with Crippen LogP contribution in [0.25, 0.3) is 0 Å². The fourth-order valence-electron chi connectivity index (χ4n) is 2.97. The molecule has 0 heterocycles. The number of methoxy groups -OCH3 is 1. The highest BCUT2D eigenvalue weighted by atomic mass is 16.5. The van der Waals surface area contributed by atoms with E-state index in [4.69, 9.17) is 4.74 Å². The van der Waals surface area contributed by atoms with Crippen molar-refractivity contribution in [2.75, 3.05) is 7.11 Å². The second-order valence-electron chi connectivity index (χ2n) is 5.20. The number of ether oxygens (including phenoxy) is 1. The van der Waals surface area contributed by atoms with Gasteiger partial charge in [0.25, 0.3) is 0 Å². The highest BCUT2D eigenvalue weighted by molar-refractivity contribution is 5.41. The second-order valence-corrected chi connectivity index (χ2v) is 5.20. The summed E-state index contributed by atoms with van der Waals surface area (Å²) in [5.74, 6) is 2.00. The van der Waals surface area contributed by atoms with Gasteiger partial charge in [0.05, 0.1) is 7.11 Å². The van der Waals surface area contributed by atoms with Gasteiger partial charge >= 0.3 is 0 Å². The first kappa shape index (κ1) is 12.5. The van der Waals surface area contributed by atoms with Gasteiger partial charge in [-0.2, -0.15) is 0 Å². The standard InChI is InChI=1S/C16H24O/c1-3-4-5-7-13-10-11-15-14(12-13)8-6-9-16(15)17-2/h6,8-9,13H,3-5,7,10-12H2,1-2H3. The summed E-state index contributed by atoms with van der Waals surface area (Å²) in [6.07, 6.45) is 9.34. The number of hydrogen-bond acceptors (Lipinski definition) is 1. The van der Waals surface area contributed by atoms with Crippen LogP contribution in [0.5, 0.6) is 5.75 Å². The Labute approximate surface area is 105 Å². The lowest BCUT2D eigenvalue weighted by Gasteiger charge is -2.25. The highest BCUT2D eigenvalue weighted by Gasteiger charge is 2.20. The second kappa shape index (κ2) is 6.09. The molecule has 1 unspecified atom stereocenters.